The van der Waals surface area contributed by atoms with E-state index in [9.17, 15) is 0 Å². The summed E-state index contributed by atoms with van der Waals surface area (Å²) >= 11 is 6.36. The molecule has 0 aliphatic carbocycles. The van der Waals surface area contributed by atoms with Gasteiger partial charge < -0.3 is 5.32 Å². The molecule has 0 saturated carbocycles. The fraction of sp³-hybridized carbons (Fsp3) is 0.467. The van der Waals surface area contributed by atoms with E-state index in [1.807, 2.05) is 29.8 Å². The first-order chi connectivity index (χ1) is 9.54. The Labute approximate surface area is 125 Å². The van der Waals surface area contributed by atoms with Crippen molar-refractivity contribution in [1.82, 2.24) is 20.1 Å². The number of halogens is 1. The van der Waals surface area contributed by atoms with Gasteiger partial charge in [-0.15, -0.1) is 0 Å². The van der Waals surface area contributed by atoms with Crippen molar-refractivity contribution in [3.63, 3.8) is 0 Å². The minimum absolute atomic E-state index is 0.0442. The van der Waals surface area contributed by atoms with Crippen molar-refractivity contribution in [1.29, 1.82) is 0 Å². The summed E-state index contributed by atoms with van der Waals surface area (Å²) in [6, 6.07) is 6.24. The number of nitrogens with one attached hydrogen (secondary N) is 1. The van der Waals surface area contributed by atoms with Crippen LogP contribution in [0, 0.1) is 6.92 Å². The molecular weight excluding hydrogens is 272 g/mol. The zero-order valence-corrected chi connectivity index (χ0v) is 13.1. The van der Waals surface area contributed by atoms with E-state index in [2.05, 4.69) is 36.2 Å². The molecule has 1 unspecified atom stereocenters. The van der Waals surface area contributed by atoms with Gasteiger partial charge in [0, 0.05) is 11.7 Å². The second-order valence-corrected chi connectivity index (χ2v) is 5.52. The first kappa shape index (κ1) is 15.0. The van der Waals surface area contributed by atoms with Crippen LogP contribution in [0.15, 0.2) is 24.4 Å². The van der Waals surface area contributed by atoms with Crippen LogP contribution in [0.1, 0.15) is 49.9 Å². The Kier molecular flexibility index (Phi) is 4.78. The Balaban J connectivity index is 2.51. The van der Waals surface area contributed by atoms with E-state index in [1.54, 1.807) is 6.20 Å². The topological polar surface area (TPSA) is 42.7 Å². The number of aryl methyl sites for hydroxylation is 1. The second kappa shape index (κ2) is 6.37. The minimum atomic E-state index is -0.0442. The molecule has 0 saturated heterocycles. The van der Waals surface area contributed by atoms with E-state index in [0.29, 0.717) is 5.02 Å². The lowest BCUT2D eigenvalue weighted by molar-refractivity contribution is 0.472. The molecule has 0 aromatic carbocycles. The zero-order chi connectivity index (χ0) is 14.7. The lowest BCUT2D eigenvalue weighted by Crippen LogP contribution is -2.26. The molecule has 0 fully saturated rings. The third kappa shape index (κ3) is 3.02. The number of nitrogens with zero attached hydrogens (tertiary/aromatic N) is 3. The van der Waals surface area contributed by atoms with E-state index >= 15 is 0 Å². The van der Waals surface area contributed by atoms with Crippen LogP contribution in [0.2, 0.25) is 5.02 Å². The molecule has 0 aliphatic rings. The van der Waals surface area contributed by atoms with Crippen LogP contribution in [-0.2, 0) is 0 Å². The zero-order valence-electron chi connectivity index (χ0n) is 12.4. The quantitative estimate of drug-likeness (QED) is 0.917. The van der Waals surface area contributed by atoms with Crippen LogP contribution in [0.4, 0.5) is 0 Å². The molecule has 0 amide bonds. The Morgan fingerprint density at radius 3 is 2.70 bits per heavy atom. The smallest absolute Gasteiger partial charge is 0.0937 e. The molecule has 2 rings (SSSR count). The molecule has 20 heavy (non-hydrogen) atoms. The van der Waals surface area contributed by atoms with Gasteiger partial charge in [0.25, 0.3) is 0 Å². The van der Waals surface area contributed by atoms with Crippen molar-refractivity contribution in [2.45, 2.75) is 39.8 Å². The van der Waals surface area contributed by atoms with Gasteiger partial charge in [-0.3, -0.25) is 9.67 Å². The highest BCUT2D eigenvalue weighted by Gasteiger charge is 2.23. The molecule has 0 radical (unpaired) electrons. The number of rotatable bonds is 5. The maximum atomic E-state index is 6.36. The fourth-order valence-electron chi connectivity index (χ4n) is 2.30. The van der Waals surface area contributed by atoms with Gasteiger partial charge in [-0.1, -0.05) is 24.6 Å². The monoisotopic (exact) mass is 292 g/mol. The second-order valence-electron chi connectivity index (χ2n) is 5.11. The lowest BCUT2D eigenvalue weighted by atomic mass is 10.1. The van der Waals surface area contributed by atoms with Crippen LogP contribution in [0.5, 0.6) is 0 Å². The maximum Gasteiger partial charge on any atom is 0.0937 e. The van der Waals surface area contributed by atoms with E-state index in [4.69, 9.17) is 11.6 Å². The first-order valence-corrected chi connectivity index (χ1v) is 7.32. The standard InChI is InChI=1S/C15H21ClN4/c1-5-17-14(13-8-6-7-11(4)19-13)15-12(16)9-18-20(15)10(2)3/h6-10,14,17H,5H2,1-4H3. The summed E-state index contributed by atoms with van der Waals surface area (Å²) in [7, 11) is 0. The summed E-state index contributed by atoms with van der Waals surface area (Å²) in [5, 5.41) is 8.51. The minimum Gasteiger partial charge on any atom is -0.304 e. The molecule has 0 spiro atoms. The molecule has 2 aromatic rings. The maximum absolute atomic E-state index is 6.36. The van der Waals surface area contributed by atoms with Crippen LogP contribution in [-0.4, -0.2) is 21.3 Å². The number of aromatic nitrogens is 3. The van der Waals surface area contributed by atoms with Gasteiger partial charge >= 0.3 is 0 Å². The molecular formula is C15H21ClN4. The Morgan fingerprint density at radius 2 is 2.10 bits per heavy atom. The fourth-order valence-corrected chi connectivity index (χ4v) is 2.54. The molecule has 2 aromatic heterocycles. The first-order valence-electron chi connectivity index (χ1n) is 6.94. The molecule has 0 aliphatic heterocycles. The molecule has 2 heterocycles. The largest absolute Gasteiger partial charge is 0.304 e. The van der Waals surface area contributed by atoms with Crippen LogP contribution in [0.25, 0.3) is 0 Å². The molecule has 1 atom stereocenters. The average molecular weight is 293 g/mol. The van der Waals surface area contributed by atoms with Gasteiger partial charge in [-0.25, -0.2) is 0 Å². The van der Waals surface area contributed by atoms with Gasteiger partial charge in [0.2, 0.25) is 0 Å². The Hall–Kier alpha value is -1.39. The van der Waals surface area contributed by atoms with Crippen LogP contribution < -0.4 is 5.32 Å². The summed E-state index contributed by atoms with van der Waals surface area (Å²) in [6.45, 7) is 9.10. The van der Waals surface area contributed by atoms with Crippen molar-refractivity contribution >= 4 is 11.6 Å². The third-order valence-corrected chi connectivity index (χ3v) is 3.45. The summed E-state index contributed by atoms with van der Waals surface area (Å²) in [6.07, 6.45) is 1.71. The molecule has 108 valence electrons. The lowest BCUT2D eigenvalue weighted by Gasteiger charge is -2.21. The Morgan fingerprint density at radius 1 is 1.35 bits per heavy atom. The van der Waals surface area contributed by atoms with Gasteiger partial charge in [-0.2, -0.15) is 5.10 Å². The van der Waals surface area contributed by atoms with Gasteiger partial charge in [0.15, 0.2) is 0 Å². The molecule has 4 nitrogen and oxygen atoms in total. The number of pyridine rings is 1. The van der Waals surface area contributed by atoms with Crippen LogP contribution in [0.3, 0.4) is 0 Å². The van der Waals surface area contributed by atoms with Crippen molar-refractivity contribution in [2.75, 3.05) is 6.54 Å². The van der Waals surface area contributed by atoms with E-state index in [0.717, 1.165) is 23.6 Å². The number of hydrogen-bond donors (Lipinski definition) is 1. The van der Waals surface area contributed by atoms with Crippen molar-refractivity contribution in [3.8, 4) is 0 Å². The van der Waals surface area contributed by atoms with Crippen molar-refractivity contribution < 1.29 is 0 Å². The highest BCUT2D eigenvalue weighted by Crippen LogP contribution is 2.29. The summed E-state index contributed by atoms with van der Waals surface area (Å²) in [4.78, 5) is 4.63. The van der Waals surface area contributed by atoms with E-state index in [-0.39, 0.29) is 12.1 Å². The van der Waals surface area contributed by atoms with Gasteiger partial charge in [0.1, 0.15) is 0 Å². The van der Waals surface area contributed by atoms with E-state index in [1.165, 1.54) is 0 Å². The summed E-state index contributed by atoms with van der Waals surface area (Å²) in [5.41, 5.74) is 2.94. The number of hydrogen-bond acceptors (Lipinski definition) is 3. The molecule has 5 heteroatoms. The predicted molar refractivity (Wildman–Crippen MR) is 82.1 cm³/mol. The normalized spacial score (nSPS) is 12.9. The molecule has 1 N–H and O–H groups in total. The third-order valence-electron chi connectivity index (χ3n) is 3.16. The van der Waals surface area contributed by atoms with E-state index < -0.39 is 0 Å². The summed E-state index contributed by atoms with van der Waals surface area (Å²) in [5.74, 6) is 0. The highest BCUT2D eigenvalue weighted by atomic mass is 35.5. The SMILES string of the molecule is CCNC(c1cccc(C)n1)c1c(Cl)cnn1C(C)C. The summed E-state index contributed by atoms with van der Waals surface area (Å²) < 4.78 is 1.96. The van der Waals surface area contributed by atoms with Gasteiger partial charge in [-0.05, 0) is 39.4 Å². The van der Waals surface area contributed by atoms with Crippen molar-refractivity contribution in [3.05, 3.63) is 46.5 Å². The van der Waals surface area contributed by atoms with Crippen LogP contribution >= 0.6 is 11.6 Å². The average Bonchev–Trinajstić information content (AvgIpc) is 2.78. The molecule has 0 bridgehead atoms. The highest BCUT2D eigenvalue weighted by molar-refractivity contribution is 6.31. The predicted octanol–water partition coefficient (Wildman–Crippen LogP) is 3.52. The van der Waals surface area contributed by atoms with Crippen molar-refractivity contribution in [2.24, 2.45) is 0 Å². The van der Waals surface area contributed by atoms with Gasteiger partial charge in [0.05, 0.1) is 28.6 Å². The Bertz CT molecular complexity index is 577.